The van der Waals surface area contributed by atoms with E-state index < -0.39 is 12.1 Å². The third-order valence-electron chi connectivity index (χ3n) is 4.86. The maximum Gasteiger partial charge on any atom is 0.313 e. The molecule has 1 atom stereocenters. The molecule has 0 saturated heterocycles. The molecule has 1 aliphatic carbocycles. The fourth-order valence-corrected chi connectivity index (χ4v) is 3.22. The number of hydrogen-bond acceptors (Lipinski definition) is 5. The lowest BCUT2D eigenvalue weighted by Gasteiger charge is -2.18. The van der Waals surface area contributed by atoms with E-state index in [-0.39, 0.29) is 23.9 Å². The molecule has 0 radical (unpaired) electrons. The number of ether oxygens (including phenoxy) is 1. The average molecular weight is 391 g/mol. The molecule has 1 saturated carbocycles. The van der Waals surface area contributed by atoms with Gasteiger partial charge in [-0.05, 0) is 18.9 Å². The number of nitrogens with zero attached hydrogens (tertiary/aromatic N) is 2. The van der Waals surface area contributed by atoms with Crippen LogP contribution in [0.25, 0.3) is 10.8 Å². The zero-order valence-electron chi connectivity index (χ0n) is 16.0. The number of esters is 1. The lowest BCUT2D eigenvalue weighted by atomic mass is 10.1. The lowest BCUT2D eigenvalue weighted by Crippen LogP contribution is -2.34. The molecule has 29 heavy (non-hydrogen) atoms. The smallest absolute Gasteiger partial charge is 0.313 e. The first-order valence-corrected chi connectivity index (χ1v) is 9.52. The minimum Gasteiger partial charge on any atom is -0.447 e. The molecular weight excluding hydrogens is 370 g/mol. The molecule has 148 valence electrons. The van der Waals surface area contributed by atoms with E-state index in [1.165, 1.54) is 4.68 Å². The summed E-state index contributed by atoms with van der Waals surface area (Å²) in [5.74, 6) is -0.911. The summed E-state index contributed by atoms with van der Waals surface area (Å²) < 4.78 is 6.78. The predicted octanol–water partition coefficient (Wildman–Crippen LogP) is 2.04. The zero-order chi connectivity index (χ0) is 20.4. The Bertz CT molecular complexity index is 1120. The zero-order valence-corrected chi connectivity index (χ0v) is 16.0. The molecule has 7 heteroatoms. The van der Waals surface area contributed by atoms with Gasteiger partial charge >= 0.3 is 5.97 Å². The van der Waals surface area contributed by atoms with Crippen molar-refractivity contribution in [2.75, 3.05) is 0 Å². The van der Waals surface area contributed by atoms with Crippen LogP contribution in [-0.4, -0.2) is 27.7 Å². The lowest BCUT2D eigenvalue weighted by molar-refractivity contribution is -0.156. The van der Waals surface area contributed by atoms with Gasteiger partial charge in [0.15, 0.2) is 0 Å². The van der Waals surface area contributed by atoms with E-state index in [4.69, 9.17) is 4.74 Å². The highest BCUT2D eigenvalue weighted by atomic mass is 16.5. The standard InChI is InChI=1S/C22H21N3O4/c1-25-22(28)17-10-6-5-9-16(17)18(24-25)13-19(26)29-20(14-7-3-2-4-8-14)21(27)23-15-11-12-15/h2-10,15,20H,11-13H2,1H3,(H,23,27)/t20-/m1/s1. The third-order valence-corrected chi connectivity index (χ3v) is 4.86. The molecule has 1 amide bonds. The van der Waals surface area contributed by atoms with Crippen LogP contribution in [0, 0.1) is 0 Å². The van der Waals surface area contributed by atoms with E-state index in [0.717, 1.165) is 12.8 Å². The second-order valence-electron chi connectivity index (χ2n) is 7.16. The van der Waals surface area contributed by atoms with Gasteiger partial charge in [0.1, 0.15) is 0 Å². The van der Waals surface area contributed by atoms with Crippen LogP contribution in [0.15, 0.2) is 59.4 Å². The van der Waals surface area contributed by atoms with Crippen molar-refractivity contribution in [2.24, 2.45) is 7.05 Å². The molecule has 0 aliphatic heterocycles. The summed E-state index contributed by atoms with van der Waals surface area (Å²) in [7, 11) is 1.54. The Hall–Kier alpha value is -3.48. The fraction of sp³-hybridized carbons (Fsp3) is 0.273. The van der Waals surface area contributed by atoms with Crippen molar-refractivity contribution in [1.82, 2.24) is 15.1 Å². The van der Waals surface area contributed by atoms with Crippen LogP contribution in [0.4, 0.5) is 0 Å². The normalized spacial score (nSPS) is 14.4. The van der Waals surface area contributed by atoms with Gasteiger partial charge in [0.05, 0.1) is 17.5 Å². The van der Waals surface area contributed by atoms with Crippen LogP contribution >= 0.6 is 0 Å². The average Bonchev–Trinajstić information content (AvgIpc) is 3.54. The maximum absolute atomic E-state index is 12.7. The summed E-state index contributed by atoms with van der Waals surface area (Å²) in [5.41, 5.74) is 0.808. The van der Waals surface area contributed by atoms with Gasteiger partial charge in [-0.25, -0.2) is 4.68 Å². The molecule has 1 fully saturated rings. The van der Waals surface area contributed by atoms with Gasteiger partial charge in [-0.3, -0.25) is 14.4 Å². The summed E-state index contributed by atoms with van der Waals surface area (Å²) >= 11 is 0. The molecule has 0 unspecified atom stereocenters. The second kappa shape index (κ2) is 7.87. The van der Waals surface area contributed by atoms with Gasteiger partial charge in [0, 0.05) is 24.0 Å². The number of fused-ring (bicyclic) bond motifs is 1. The molecular formula is C22H21N3O4. The maximum atomic E-state index is 12.7. The number of benzene rings is 2. The molecule has 1 heterocycles. The van der Waals surface area contributed by atoms with Gasteiger partial charge < -0.3 is 10.1 Å². The van der Waals surface area contributed by atoms with Gasteiger partial charge in [0.25, 0.3) is 11.5 Å². The number of carbonyl (C=O) groups is 2. The molecule has 0 spiro atoms. The summed E-state index contributed by atoms with van der Waals surface area (Å²) in [6.07, 6.45) is 0.710. The Morgan fingerprint density at radius 3 is 2.45 bits per heavy atom. The molecule has 1 aliphatic rings. The van der Waals surface area contributed by atoms with E-state index in [9.17, 15) is 14.4 Å². The number of carbonyl (C=O) groups excluding carboxylic acids is 2. The highest BCUT2D eigenvalue weighted by molar-refractivity contribution is 5.89. The van der Waals surface area contributed by atoms with Crippen molar-refractivity contribution in [2.45, 2.75) is 31.4 Å². The summed E-state index contributed by atoms with van der Waals surface area (Å²) in [6.45, 7) is 0. The molecule has 2 aromatic carbocycles. The van der Waals surface area contributed by atoms with Crippen molar-refractivity contribution < 1.29 is 14.3 Å². The van der Waals surface area contributed by atoms with Crippen molar-refractivity contribution in [3.05, 3.63) is 76.2 Å². The van der Waals surface area contributed by atoms with E-state index in [1.807, 2.05) is 6.07 Å². The first-order chi connectivity index (χ1) is 14.0. The van der Waals surface area contributed by atoms with Crippen molar-refractivity contribution in [3.8, 4) is 0 Å². The largest absolute Gasteiger partial charge is 0.447 e. The molecule has 1 N–H and O–H groups in total. The number of hydrogen-bond donors (Lipinski definition) is 1. The van der Waals surface area contributed by atoms with Crippen LogP contribution < -0.4 is 10.9 Å². The highest BCUT2D eigenvalue weighted by Crippen LogP contribution is 2.24. The Morgan fingerprint density at radius 1 is 1.10 bits per heavy atom. The monoisotopic (exact) mass is 391 g/mol. The second-order valence-corrected chi connectivity index (χ2v) is 7.16. The van der Waals surface area contributed by atoms with Crippen molar-refractivity contribution >= 4 is 22.6 Å². The van der Waals surface area contributed by atoms with Crippen molar-refractivity contribution in [3.63, 3.8) is 0 Å². The number of nitrogens with one attached hydrogen (secondary N) is 1. The Balaban J connectivity index is 1.58. The molecule has 3 aromatic rings. The molecule has 4 rings (SSSR count). The number of aromatic nitrogens is 2. The van der Waals surface area contributed by atoms with Crippen LogP contribution in [0.1, 0.15) is 30.2 Å². The Morgan fingerprint density at radius 2 is 1.76 bits per heavy atom. The van der Waals surface area contributed by atoms with E-state index in [1.54, 1.807) is 55.6 Å². The van der Waals surface area contributed by atoms with Crippen LogP contribution in [0.3, 0.4) is 0 Å². The number of amides is 1. The predicted molar refractivity (Wildman–Crippen MR) is 107 cm³/mol. The van der Waals surface area contributed by atoms with Gasteiger partial charge in [0.2, 0.25) is 6.10 Å². The Labute approximate surface area is 167 Å². The van der Waals surface area contributed by atoms with Crippen LogP contribution in [0.5, 0.6) is 0 Å². The SMILES string of the molecule is Cn1nc(CC(=O)O[C@@H](C(=O)NC2CC2)c2ccccc2)c2ccccc2c1=O. The third kappa shape index (κ3) is 4.18. The topological polar surface area (TPSA) is 90.3 Å². The minimum absolute atomic E-state index is 0.144. The fourth-order valence-electron chi connectivity index (χ4n) is 3.22. The Kier molecular flexibility index (Phi) is 5.12. The van der Waals surface area contributed by atoms with E-state index >= 15 is 0 Å². The van der Waals surface area contributed by atoms with Gasteiger partial charge in [-0.2, -0.15) is 5.10 Å². The first-order valence-electron chi connectivity index (χ1n) is 9.52. The summed E-state index contributed by atoms with van der Waals surface area (Å²) in [5, 5.41) is 8.21. The van der Waals surface area contributed by atoms with E-state index in [0.29, 0.717) is 22.0 Å². The first kappa shape index (κ1) is 18.9. The van der Waals surface area contributed by atoms with Crippen LogP contribution in [0.2, 0.25) is 0 Å². The molecule has 1 aromatic heterocycles. The van der Waals surface area contributed by atoms with Crippen molar-refractivity contribution in [1.29, 1.82) is 0 Å². The van der Waals surface area contributed by atoms with Crippen LogP contribution in [-0.2, 0) is 27.8 Å². The summed E-state index contributed by atoms with van der Waals surface area (Å²) in [6, 6.07) is 16.1. The molecule has 0 bridgehead atoms. The molecule has 7 nitrogen and oxygen atoms in total. The van der Waals surface area contributed by atoms with E-state index in [2.05, 4.69) is 10.4 Å². The quantitative estimate of drug-likeness (QED) is 0.650. The number of aryl methyl sites for hydroxylation is 1. The highest BCUT2D eigenvalue weighted by Gasteiger charge is 2.31. The summed E-state index contributed by atoms with van der Waals surface area (Å²) in [4.78, 5) is 37.6. The van der Waals surface area contributed by atoms with Gasteiger partial charge in [-0.1, -0.05) is 48.5 Å². The number of rotatable bonds is 6. The minimum atomic E-state index is -1.02. The van der Waals surface area contributed by atoms with Gasteiger partial charge in [-0.15, -0.1) is 0 Å².